The molecule has 234 valence electrons. The van der Waals surface area contributed by atoms with E-state index in [1.54, 1.807) is 31.6 Å². The van der Waals surface area contributed by atoms with Gasteiger partial charge in [0, 0.05) is 51.7 Å². The number of methoxy groups -OCH3 is 1. The molecule has 1 aromatic heterocycles. The van der Waals surface area contributed by atoms with Crippen LogP contribution in [0, 0.1) is 0 Å². The van der Waals surface area contributed by atoms with Gasteiger partial charge in [0.1, 0.15) is 5.75 Å². The highest BCUT2D eigenvalue weighted by atomic mass is 16.5. The smallest absolute Gasteiger partial charge is 0.255 e. The van der Waals surface area contributed by atoms with Crippen LogP contribution in [-0.4, -0.2) is 80.0 Å². The Morgan fingerprint density at radius 2 is 1.71 bits per heavy atom. The van der Waals surface area contributed by atoms with Crippen molar-refractivity contribution >= 4 is 23.2 Å². The lowest BCUT2D eigenvalue weighted by Crippen LogP contribution is -2.44. The van der Waals surface area contributed by atoms with E-state index >= 15 is 0 Å². The van der Waals surface area contributed by atoms with Crippen molar-refractivity contribution in [2.24, 2.45) is 5.73 Å². The molecule has 0 radical (unpaired) electrons. The van der Waals surface area contributed by atoms with Crippen molar-refractivity contribution < 1.29 is 14.3 Å². The zero-order chi connectivity index (χ0) is 31.6. The number of aromatic nitrogens is 1. The first-order chi connectivity index (χ1) is 21.9. The van der Waals surface area contributed by atoms with Crippen molar-refractivity contribution in [3.05, 3.63) is 108 Å². The lowest BCUT2D eigenvalue weighted by Gasteiger charge is -2.35. The molecule has 1 fully saturated rings. The number of hydrogen-bond donors (Lipinski definition) is 2. The van der Waals surface area contributed by atoms with E-state index in [1.165, 1.54) is 0 Å². The number of hydrogen-bond acceptors (Lipinski definition) is 7. The molecule has 0 unspecified atom stereocenters. The second kappa shape index (κ2) is 15.3. The fourth-order valence-corrected chi connectivity index (χ4v) is 5.54. The predicted octanol–water partition coefficient (Wildman–Crippen LogP) is 4.68. The molecule has 3 N–H and O–H groups in total. The largest absolute Gasteiger partial charge is 0.497 e. The van der Waals surface area contributed by atoms with Crippen LogP contribution in [0.4, 0.5) is 11.4 Å². The van der Waals surface area contributed by atoms with Gasteiger partial charge in [-0.1, -0.05) is 36.4 Å². The first-order valence-electron chi connectivity index (χ1n) is 15.4. The monoisotopic (exact) mass is 606 g/mol. The molecule has 2 amide bonds. The Balaban J connectivity index is 1.39. The summed E-state index contributed by atoms with van der Waals surface area (Å²) in [7, 11) is 3.76. The number of carbonyl (C=O) groups excluding carboxylic acids is 2. The van der Waals surface area contributed by atoms with Crippen LogP contribution in [0.25, 0.3) is 11.1 Å². The number of anilines is 2. The molecule has 5 rings (SSSR count). The molecule has 0 spiro atoms. The molecule has 1 aliphatic heterocycles. The zero-order valence-electron chi connectivity index (χ0n) is 26.1. The molecule has 3 aromatic carbocycles. The number of benzene rings is 3. The summed E-state index contributed by atoms with van der Waals surface area (Å²) < 4.78 is 5.26. The van der Waals surface area contributed by atoms with Gasteiger partial charge in [0.05, 0.1) is 30.5 Å². The van der Waals surface area contributed by atoms with Crippen LogP contribution in [0.15, 0.2) is 91.3 Å². The van der Waals surface area contributed by atoms with Crippen LogP contribution >= 0.6 is 0 Å². The summed E-state index contributed by atoms with van der Waals surface area (Å²) in [6.07, 6.45) is 4.23. The van der Waals surface area contributed by atoms with E-state index in [1.807, 2.05) is 41.3 Å². The van der Waals surface area contributed by atoms with Gasteiger partial charge >= 0.3 is 0 Å². The van der Waals surface area contributed by atoms with E-state index in [0.29, 0.717) is 31.6 Å². The average molecular weight is 607 g/mol. The van der Waals surface area contributed by atoms with Crippen LogP contribution < -0.4 is 20.7 Å². The maximum absolute atomic E-state index is 13.3. The molecule has 4 aromatic rings. The Bertz CT molecular complexity index is 1570. The fourth-order valence-electron chi connectivity index (χ4n) is 5.54. The maximum atomic E-state index is 13.3. The van der Waals surface area contributed by atoms with Crippen molar-refractivity contribution in [1.82, 2.24) is 14.8 Å². The number of nitrogens with one attached hydrogen (secondary N) is 1. The normalized spacial score (nSPS) is 13.4. The predicted molar refractivity (Wildman–Crippen MR) is 180 cm³/mol. The van der Waals surface area contributed by atoms with Crippen LogP contribution in [-0.2, 0) is 17.8 Å². The second-order valence-electron chi connectivity index (χ2n) is 11.4. The highest BCUT2D eigenvalue weighted by Crippen LogP contribution is 2.33. The van der Waals surface area contributed by atoms with Crippen molar-refractivity contribution in [3.63, 3.8) is 0 Å². The topological polar surface area (TPSA) is 104 Å². The lowest BCUT2D eigenvalue weighted by atomic mass is 10.0. The van der Waals surface area contributed by atoms with Crippen LogP contribution in [0.5, 0.6) is 5.75 Å². The summed E-state index contributed by atoms with van der Waals surface area (Å²) in [6.45, 7) is 5.20. The molecule has 1 aliphatic rings. The highest BCUT2D eigenvalue weighted by molar-refractivity contribution is 5.97. The SMILES string of the molecule is COc1ccc(CC(=O)Nc2cc(-c3cccc(CN(CCCN)C(=O)c4cccnc4)c3)ccc2N2CCN(C)CC2)cc1. The molecular weight excluding hydrogens is 564 g/mol. The summed E-state index contributed by atoms with van der Waals surface area (Å²) in [5.41, 5.74) is 12.1. The van der Waals surface area contributed by atoms with Crippen molar-refractivity contribution in [3.8, 4) is 16.9 Å². The van der Waals surface area contributed by atoms with Crippen molar-refractivity contribution in [2.75, 3.05) is 63.6 Å². The summed E-state index contributed by atoms with van der Waals surface area (Å²) in [4.78, 5) is 37.2. The minimum Gasteiger partial charge on any atom is -0.497 e. The quantitative estimate of drug-likeness (QED) is 0.241. The van der Waals surface area contributed by atoms with E-state index in [0.717, 1.165) is 65.6 Å². The summed E-state index contributed by atoms with van der Waals surface area (Å²) in [5.74, 6) is 0.613. The standard InChI is InChI=1S/C36H42N6O3/c1-40-18-20-41(21-19-40)34-14-11-30(24-33(34)39-35(43)23-27-9-12-32(45-2)13-10-27)29-7-3-6-28(22-29)26-42(17-5-15-37)36(44)31-8-4-16-38-25-31/h3-4,6-14,16,22,24-25H,5,15,17-21,23,26,37H2,1-2H3,(H,39,43). The van der Waals surface area contributed by atoms with Gasteiger partial charge in [-0.2, -0.15) is 0 Å². The molecule has 9 heteroatoms. The molecule has 0 aliphatic carbocycles. The molecular formula is C36H42N6O3. The van der Waals surface area contributed by atoms with Gasteiger partial charge in [-0.3, -0.25) is 14.6 Å². The second-order valence-corrected chi connectivity index (χ2v) is 11.4. The van der Waals surface area contributed by atoms with Crippen LogP contribution in [0.3, 0.4) is 0 Å². The molecule has 45 heavy (non-hydrogen) atoms. The van der Waals surface area contributed by atoms with Gasteiger partial charge < -0.3 is 30.5 Å². The number of amides is 2. The first-order valence-corrected chi connectivity index (χ1v) is 15.4. The molecule has 9 nitrogen and oxygen atoms in total. The number of ether oxygens (including phenoxy) is 1. The zero-order valence-corrected chi connectivity index (χ0v) is 26.1. The first kappa shape index (κ1) is 31.7. The van der Waals surface area contributed by atoms with Crippen LogP contribution in [0.2, 0.25) is 0 Å². The van der Waals surface area contributed by atoms with E-state index in [9.17, 15) is 9.59 Å². The fraction of sp³-hybridized carbons (Fsp3) is 0.306. The number of rotatable bonds is 12. The van der Waals surface area contributed by atoms with Gasteiger partial charge in [0.15, 0.2) is 0 Å². The Morgan fingerprint density at radius 3 is 2.42 bits per heavy atom. The maximum Gasteiger partial charge on any atom is 0.255 e. The number of nitrogens with zero attached hydrogens (tertiary/aromatic N) is 4. The third-order valence-electron chi connectivity index (χ3n) is 8.10. The van der Waals surface area contributed by atoms with E-state index in [2.05, 4.69) is 57.5 Å². The van der Waals surface area contributed by atoms with Crippen molar-refractivity contribution in [2.45, 2.75) is 19.4 Å². The molecule has 0 bridgehead atoms. The van der Waals surface area contributed by atoms with E-state index < -0.39 is 0 Å². The van der Waals surface area contributed by atoms with E-state index in [-0.39, 0.29) is 18.2 Å². The van der Waals surface area contributed by atoms with Gasteiger partial charge in [-0.25, -0.2) is 0 Å². The van der Waals surface area contributed by atoms with Crippen LogP contribution in [0.1, 0.15) is 27.9 Å². The van der Waals surface area contributed by atoms with Gasteiger partial charge in [0.2, 0.25) is 5.91 Å². The Kier molecular flexibility index (Phi) is 10.8. The minimum atomic E-state index is -0.0779. The average Bonchev–Trinajstić information content (AvgIpc) is 3.07. The molecule has 2 heterocycles. The van der Waals surface area contributed by atoms with Gasteiger partial charge in [-0.15, -0.1) is 0 Å². The highest BCUT2D eigenvalue weighted by Gasteiger charge is 2.20. The summed E-state index contributed by atoms with van der Waals surface area (Å²) in [5, 5.41) is 3.21. The van der Waals surface area contributed by atoms with Gasteiger partial charge in [0.25, 0.3) is 5.91 Å². The Morgan fingerprint density at radius 1 is 0.933 bits per heavy atom. The molecule has 1 saturated heterocycles. The lowest BCUT2D eigenvalue weighted by molar-refractivity contribution is -0.115. The summed E-state index contributed by atoms with van der Waals surface area (Å²) >= 11 is 0. The third kappa shape index (κ3) is 8.47. The number of nitrogens with two attached hydrogens (primary N) is 1. The van der Waals surface area contributed by atoms with E-state index in [4.69, 9.17) is 10.5 Å². The number of pyridine rings is 1. The minimum absolute atomic E-state index is 0.0691. The van der Waals surface area contributed by atoms with Crippen molar-refractivity contribution in [1.29, 1.82) is 0 Å². The Hall–Kier alpha value is -4.73. The number of likely N-dealkylation sites (N-methyl/N-ethyl adjacent to an activating group) is 1. The summed E-state index contributed by atoms with van der Waals surface area (Å²) in [6, 6.07) is 25.6. The molecule has 0 saturated carbocycles. The molecule has 0 atom stereocenters. The third-order valence-corrected chi connectivity index (χ3v) is 8.10. The number of carbonyl (C=O) groups is 2. The van der Waals surface area contributed by atoms with Gasteiger partial charge in [-0.05, 0) is 84.7 Å². The number of piperazine rings is 1. The Labute approximate surface area is 265 Å².